The fourth-order valence-corrected chi connectivity index (χ4v) is 2.18. The Morgan fingerprint density at radius 1 is 1.55 bits per heavy atom. The van der Waals surface area contributed by atoms with E-state index in [-0.39, 0.29) is 5.82 Å². The van der Waals surface area contributed by atoms with Crippen LogP contribution in [0.25, 0.3) is 6.08 Å². The van der Waals surface area contributed by atoms with Gasteiger partial charge in [-0.1, -0.05) is 12.1 Å². The highest BCUT2D eigenvalue weighted by Gasteiger charge is 2.31. The van der Waals surface area contributed by atoms with Crippen LogP contribution in [0.3, 0.4) is 0 Å². The summed E-state index contributed by atoms with van der Waals surface area (Å²) in [6, 6.07) is 5.02. The average molecular weight is 279 g/mol. The lowest BCUT2D eigenvalue weighted by Crippen LogP contribution is -2.30. The summed E-state index contributed by atoms with van der Waals surface area (Å²) in [5.74, 6) is -1.38. The fourth-order valence-electron chi connectivity index (χ4n) is 2.18. The molecule has 1 aliphatic carbocycles. The van der Waals surface area contributed by atoms with Crippen LogP contribution in [-0.2, 0) is 9.53 Å². The van der Waals surface area contributed by atoms with Crippen LogP contribution in [0, 0.1) is 5.82 Å². The van der Waals surface area contributed by atoms with Crippen LogP contribution < -0.4 is 4.90 Å². The minimum Gasteiger partial charge on any atom is -0.478 e. The number of nitrogens with zero attached hydrogens (tertiary/aromatic N) is 1. The van der Waals surface area contributed by atoms with E-state index in [1.165, 1.54) is 12.1 Å². The van der Waals surface area contributed by atoms with Crippen LogP contribution in [0.2, 0.25) is 0 Å². The Morgan fingerprint density at radius 3 is 2.90 bits per heavy atom. The Kier molecular flexibility index (Phi) is 4.74. The predicted molar refractivity (Wildman–Crippen MR) is 75.3 cm³/mol. The molecule has 5 heteroatoms. The van der Waals surface area contributed by atoms with E-state index in [1.807, 2.05) is 4.90 Å². The number of aliphatic carboxylic acids is 1. The average Bonchev–Trinajstić information content (AvgIpc) is 3.23. The second kappa shape index (κ2) is 6.52. The molecule has 0 spiro atoms. The van der Waals surface area contributed by atoms with Gasteiger partial charge >= 0.3 is 5.97 Å². The summed E-state index contributed by atoms with van der Waals surface area (Å²) >= 11 is 0. The molecule has 0 atom stereocenters. The van der Waals surface area contributed by atoms with Crippen LogP contribution in [0.5, 0.6) is 0 Å². The zero-order chi connectivity index (χ0) is 14.5. The highest BCUT2D eigenvalue weighted by molar-refractivity contribution is 5.87. The van der Waals surface area contributed by atoms with Gasteiger partial charge in [0.05, 0.1) is 12.3 Å². The van der Waals surface area contributed by atoms with Crippen molar-refractivity contribution in [1.82, 2.24) is 0 Å². The molecule has 1 aliphatic rings. The molecule has 1 N–H and O–H groups in total. The first kappa shape index (κ1) is 14.5. The SMILES string of the molecule is COCCN(c1c(F)cccc1/C=C/C(=O)O)C1CC1. The van der Waals surface area contributed by atoms with E-state index in [2.05, 4.69) is 0 Å². The molecule has 20 heavy (non-hydrogen) atoms. The van der Waals surface area contributed by atoms with Crippen molar-refractivity contribution < 1.29 is 19.0 Å². The van der Waals surface area contributed by atoms with Crippen molar-refractivity contribution in [1.29, 1.82) is 0 Å². The number of hydrogen-bond donors (Lipinski definition) is 1. The molecule has 0 bridgehead atoms. The van der Waals surface area contributed by atoms with E-state index in [4.69, 9.17) is 9.84 Å². The van der Waals surface area contributed by atoms with Crippen molar-refractivity contribution in [3.05, 3.63) is 35.7 Å². The largest absolute Gasteiger partial charge is 0.478 e. The maximum atomic E-state index is 14.2. The second-order valence-electron chi connectivity index (χ2n) is 4.77. The third-order valence-electron chi connectivity index (χ3n) is 3.23. The molecule has 1 fully saturated rings. The Balaban J connectivity index is 2.33. The lowest BCUT2D eigenvalue weighted by atomic mass is 10.1. The molecule has 108 valence electrons. The third kappa shape index (κ3) is 3.57. The van der Waals surface area contributed by atoms with Gasteiger partial charge in [0, 0.05) is 31.3 Å². The lowest BCUT2D eigenvalue weighted by Gasteiger charge is -2.26. The van der Waals surface area contributed by atoms with E-state index < -0.39 is 5.97 Å². The highest BCUT2D eigenvalue weighted by Crippen LogP contribution is 2.35. The molecular weight excluding hydrogens is 261 g/mol. The van der Waals surface area contributed by atoms with Gasteiger partial charge < -0.3 is 14.7 Å². The van der Waals surface area contributed by atoms with Gasteiger partial charge in [0.2, 0.25) is 0 Å². The molecule has 2 rings (SSSR count). The first-order valence-corrected chi connectivity index (χ1v) is 6.58. The zero-order valence-electron chi connectivity index (χ0n) is 11.4. The Bertz CT molecular complexity index is 512. The molecular formula is C15H18FNO3. The lowest BCUT2D eigenvalue weighted by molar-refractivity contribution is -0.131. The smallest absolute Gasteiger partial charge is 0.328 e. The molecule has 0 amide bonds. The van der Waals surface area contributed by atoms with Crippen LogP contribution in [0.15, 0.2) is 24.3 Å². The number of carbonyl (C=O) groups is 1. The van der Waals surface area contributed by atoms with Crippen molar-refractivity contribution in [2.75, 3.05) is 25.2 Å². The summed E-state index contributed by atoms with van der Waals surface area (Å²) in [5.41, 5.74) is 1.04. The summed E-state index contributed by atoms with van der Waals surface area (Å²) in [5, 5.41) is 8.72. The maximum absolute atomic E-state index is 14.2. The minimum atomic E-state index is -1.05. The number of carboxylic acid groups (broad SMARTS) is 1. The highest BCUT2D eigenvalue weighted by atomic mass is 19.1. The Hall–Kier alpha value is -1.88. The third-order valence-corrected chi connectivity index (χ3v) is 3.23. The van der Waals surface area contributed by atoms with Gasteiger partial charge in [-0.15, -0.1) is 0 Å². The molecule has 0 aromatic heterocycles. The number of anilines is 1. The van der Waals surface area contributed by atoms with Gasteiger partial charge in [0.15, 0.2) is 0 Å². The Morgan fingerprint density at radius 2 is 2.30 bits per heavy atom. The van der Waals surface area contributed by atoms with Gasteiger partial charge in [-0.25, -0.2) is 9.18 Å². The van der Waals surface area contributed by atoms with Crippen molar-refractivity contribution >= 4 is 17.7 Å². The van der Waals surface area contributed by atoms with Crippen molar-refractivity contribution in [3.8, 4) is 0 Å². The van der Waals surface area contributed by atoms with E-state index in [0.29, 0.717) is 30.4 Å². The van der Waals surface area contributed by atoms with E-state index >= 15 is 0 Å². The standard InChI is InChI=1S/C15H18FNO3/c1-20-10-9-17(12-6-7-12)15-11(5-8-14(18)19)3-2-4-13(15)16/h2-5,8,12H,6-7,9-10H2,1H3,(H,18,19)/b8-5+. The second-order valence-corrected chi connectivity index (χ2v) is 4.77. The predicted octanol–water partition coefficient (Wildman–Crippen LogP) is 2.54. The van der Waals surface area contributed by atoms with Crippen molar-refractivity contribution in [2.45, 2.75) is 18.9 Å². The maximum Gasteiger partial charge on any atom is 0.328 e. The fraction of sp³-hybridized carbons (Fsp3) is 0.400. The number of rotatable bonds is 7. The zero-order valence-corrected chi connectivity index (χ0v) is 11.4. The van der Waals surface area contributed by atoms with Crippen LogP contribution in [0.4, 0.5) is 10.1 Å². The summed E-state index contributed by atoms with van der Waals surface area (Å²) in [7, 11) is 1.61. The van der Waals surface area contributed by atoms with Gasteiger partial charge in [-0.2, -0.15) is 0 Å². The summed E-state index contributed by atoms with van der Waals surface area (Å²) in [4.78, 5) is 12.6. The summed E-state index contributed by atoms with van der Waals surface area (Å²) in [6.45, 7) is 1.10. The van der Waals surface area contributed by atoms with Gasteiger partial charge in [0.1, 0.15) is 5.82 Å². The van der Waals surface area contributed by atoms with Gasteiger partial charge in [0.25, 0.3) is 0 Å². The van der Waals surface area contributed by atoms with Crippen LogP contribution >= 0.6 is 0 Å². The molecule has 1 aromatic rings. The summed E-state index contributed by atoms with van der Waals surface area (Å²) in [6.07, 6.45) is 4.52. The van der Waals surface area contributed by atoms with E-state index in [9.17, 15) is 9.18 Å². The molecule has 0 aliphatic heterocycles. The number of carboxylic acids is 1. The first-order valence-electron chi connectivity index (χ1n) is 6.58. The number of benzene rings is 1. The normalized spacial score (nSPS) is 14.7. The number of ether oxygens (including phenoxy) is 1. The number of methoxy groups -OCH3 is 1. The molecule has 0 unspecified atom stereocenters. The molecule has 0 radical (unpaired) electrons. The molecule has 0 heterocycles. The van der Waals surface area contributed by atoms with Crippen molar-refractivity contribution in [2.24, 2.45) is 0 Å². The number of halogens is 1. The van der Waals surface area contributed by atoms with Gasteiger partial charge in [-0.05, 0) is 25.0 Å². The van der Waals surface area contributed by atoms with Crippen LogP contribution in [0.1, 0.15) is 18.4 Å². The molecule has 0 saturated heterocycles. The molecule has 1 saturated carbocycles. The number of hydrogen-bond acceptors (Lipinski definition) is 3. The number of para-hydroxylation sites is 1. The molecule has 1 aromatic carbocycles. The Labute approximate surface area is 117 Å². The first-order chi connectivity index (χ1) is 9.63. The van der Waals surface area contributed by atoms with Crippen molar-refractivity contribution in [3.63, 3.8) is 0 Å². The molecule has 4 nitrogen and oxygen atoms in total. The van der Waals surface area contributed by atoms with Gasteiger partial charge in [-0.3, -0.25) is 0 Å². The summed E-state index contributed by atoms with van der Waals surface area (Å²) < 4.78 is 19.2. The topological polar surface area (TPSA) is 49.8 Å². The van der Waals surface area contributed by atoms with E-state index in [0.717, 1.165) is 18.9 Å². The monoisotopic (exact) mass is 279 g/mol. The van der Waals surface area contributed by atoms with E-state index in [1.54, 1.807) is 19.2 Å². The van der Waals surface area contributed by atoms with Crippen LogP contribution in [-0.4, -0.2) is 37.4 Å². The quantitative estimate of drug-likeness (QED) is 0.779. The minimum absolute atomic E-state index is 0.319.